The molecule has 1 aromatic rings. The Morgan fingerprint density at radius 2 is 2.29 bits per heavy atom. The fraction of sp³-hybridized carbons (Fsp3) is 0.500. The van der Waals surface area contributed by atoms with E-state index in [9.17, 15) is 13.2 Å². The lowest BCUT2D eigenvalue weighted by Gasteiger charge is -2.15. The molecule has 0 spiro atoms. The van der Waals surface area contributed by atoms with Gasteiger partial charge in [0.1, 0.15) is 0 Å². The van der Waals surface area contributed by atoms with Gasteiger partial charge in [0, 0.05) is 16.3 Å². The molecule has 21 heavy (non-hydrogen) atoms. The van der Waals surface area contributed by atoms with Crippen molar-refractivity contribution in [1.82, 2.24) is 5.32 Å². The van der Waals surface area contributed by atoms with Crippen LogP contribution in [0.25, 0.3) is 0 Å². The van der Waals surface area contributed by atoms with Crippen LogP contribution in [0, 0.1) is 0 Å². The smallest absolute Gasteiger partial charge is 0.233 e. The maximum atomic E-state index is 12.1. The number of amides is 1. The average Bonchev–Trinajstić information content (AvgIpc) is 2.75. The van der Waals surface area contributed by atoms with Gasteiger partial charge in [-0.15, -0.1) is 11.8 Å². The highest BCUT2D eigenvalue weighted by Crippen LogP contribution is 2.21. The molecule has 2 rings (SSSR count). The van der Waals surface area contributed by atoms with Crippen LogP contribution in [-0.4, -0.2) is 37.1 Å². The number of carbonyl (C=O) groups excluding carboxylic acids is 1. The number of thioether (sulfide) groups is 1. The summed E-state index contributed by atoms with van der Waals surface area (Å²) >= 11 is 4.97. The van der Waals surface area contributed by atoms with Crippen LogP contribution in [0.1, 0.15) is 18.9 Å². The molecule has 116 valence electrons. The summed E-state index contributed by atoms with van der Waals surface area (Å²) in [6.07, 6.45) is 0.525. The first-order valence-electron chi connectivity index (χ1n) is 6.72. The Hall–Kier alpha value is -0.530. The number of benzene rings is 1. The molecule has 2 atom stereocenters. The molecule has 4 nitrogen and oxygen atoms in total. The summed E-state index contributed by atoms with van der Waals surface area (Å²) < 4.78 is 23.8. The third-order valence-electron chi connectivity index (χ3n) is 3.34. The van der Waals surface area contributed by atoms with E-state index < -0.39 is 9.84 Å². The third-order valence-corrected chi connectivity index (χ3v) is 6.81. The van der Waals surface area contributed by atoms with Crippen molar-refractivity contribution in [2.75, 3.05) is 11.5 Å². The minimum Gasteiger partial charge on any atom is -0.351 e. The normalized spacial score (nSPS) is 21.9. The van der Waals surface area contributed by atoms with Crippen LogP contribution in [0.4, 0.5) is 0 Å². The second-order valence-corrected chi connectivity index (χ2v) is 9.67. The number of rotatable bonds is 5. The van der Waals surface area contributed by atoms with Gasteiger partial charge in [-0.25, -0.2) is 8.42 Å². The molecule has 0 aliphatic carbocycles. The number of sulfone groups is 1. The highest BCUT2D eigenvalue weighted by atomic mass is 79.9. The van der Waals surface area contributed by atoms with Crippen molar-refractivity contribution in [2.45, 2.75) is 30.4 Å². The minimum atomic E-state index is -2.95. The fourth-order valence-electron chi connectivity index (χ4n) is 2.15. The second kappa shape index (κ2) is 7.15. The van der Waals surface area contributed by atoms with Crippen LogP contribution < -0.4 is 5.32 Å². The fourth-order valence-corrected chi connectivity index (χ4v) is 5.11. The Labute approximate surface area is 138 Å². The van der Waals surface area contributed by atoms with E-state index >= 15 is 0 Å². The molecule has 0 saturated carbocycles. The van der Waals surface area contributed by atoms with E-state index in [0.717, 1.165) is 15.8 Å². The van der Waals surface area contributed by atoms with Gasteiger partial charge in [-0.1, -0.05) is 28.1 Å². The lowest BCUT2D eigenvalue weighted by Crippen LogP contribution is -2.40. The first-order chi connectivity index (χ1) is 9.85. The molecule has 7 heteroatoms. The molecule has 0 bridgehead atoms. The van der Waals surface area contributed by atoms with Gasteiger partial charge in [-0.3, -0.25) is 4.79 Å². The Bertz CT molecular complexity index is 618. The maximum Gasteiger partial charge on any atom is 0.233 e. The van der Waals surface area contributed by atoms with Crippen molar-refractivity contribution in [3.8, 4) is 0 Å². The molecule has 1 N–H and O–H groups in total. The van der Waals surface area contributed by atoms with Crippen LogP contribution in [0.5, 0.6) is 0 Å². The van der Waals surface area contributed by atoms with Gasteiger partial charge in [0.15, 0.2) is 9.84 Å². The number of carbonyl (C=O) groups is 1. The van der Waals surface area contributed by atoms with Crippen molar-refractivity contribution in [2.24, 2.45) is 0 Å². The number of halogens is 1. The zero-order valence-electron chi connectivity index (χ0n) is 11.7. The van der Waals surface area contributed by atoms with Crippen LogP contribution in [-0.2, 0) is 20.4 Å². The first kappa shape index (κ1) is 16.8. The highest BCUT2D eigenvalue weighted by Gasteiger charge is 2.29. The summed E-state index contributed by atoms with van der Waals surface area (Å²) in [6.45, 7) is 1.85. The quantitative estimate of drug-likeness (QED) is 0.836. The Kier molecular flexibility index (Phi) is 5.73. The van der Waals surface area contributed by atoms with E-state index in [1.807, 2.05) is 31.2 Å². The molecule has 1 aliphatic heterocycles. The van der Waals surface area contributed by atoms with Crippen LogP contribution in [0.3, 0.4) is 0 Å². The molecule has 1 saturated heterocycles. The van der Waals surface area contributed by atoms with E-state index in [0.29, 0.717) is 6.42 Å². The number of hydrogen-bond donors (Lipinski definition) is 1. The van der Waals surface area contributed by atoms with Gasteiger partial charge >= 0.3 is 0 Å². The highest BCUT2D eigenvalue weighted by molar-refractivity contribution is 9.10. The van der Waals surface area contributed by atoms with Crippen molar-refractivity contribution in [3.05, 3.63) is 34.3 Å². The van der Waals surface area contributed by atoms with Crippen molar-refractivity contribution >= 4 is 43.4 Å². The van der Waals surface area contributed by atoms with Gasteiger partial charge in [0.2, 0.25) is 5.91 Å². The molecule has 1 amide bonds. The lowest BCUT2D eigenvalue weighted by atomic mass is 10.2. The van der Waals surface area contributed by atoms with Gasteiger partial charge in [-0.2, -0.15) is 0 Å². The molecule has 0 unspecified atom stereocenters. The average molecular weight is 392 g/mol. The summed E-state index contributed by atoms with van der Waals surface area (Å²) in [5.41, 5.74) is 1.15. The zero-order chi connectivity index (χ0) is 15.5. The van der Waals surface area contributed by atoms with Crippen LogP contribution >= 0.6 is 27.7 Å². The predicted octanol–water partition coefficient (Wildman–Crippen LogP) is 2.37. The Balaban J connectivity index is 1.80. The SMILES string of the molecule is C[C@@H](SCc1cccc(Br)c1)C(=O)N[C@@H]1CCS(=O)(=O)C1. The largest absolute Gasteiger partial charge is 0.351 e. The summed E-state index contributed by atoms with van der Waals surface area (Å²) in [6, 6.07) is 7.75. The Morgan fingerprint density at radius 3 is 2.90 bits per heavy atom. The van der Waals surface area contributed by atoms with E-state index in [2.05, 4.69) is 21.2 Å². The van der Waals surface area contributed by atoms with E-state index in [-0.39, 0.29) is 28.7 Å². The van der Waals surface area contributed by atoms with Gasteiger partial charge < -0.3 is 5.32 Å². The predicted molar refractivity (Wildman–Crippen MR) is 90.1 cm³/mol. The van der Waals surface area contributed by atoms with E-state index in [4.69, 9.17) is 0 Å². The molecule has 1 aromatic carbocycles. The van der Waals surface area contributed by atoms with E-state index in [1.165, 1.54) is 0 Å². The molecule has 1 fully saturated rings. The van der Waals surface area contributed by atoms with Gasteiger partial charge in [0.05, 0.1) is 16.8 Å². The maximum absolute atomic E-state index is 12.1. The topological polar surface area (TPSA) is 63.2 Å². The zero-order valence-corrected chi connectivity index (χ0v) is 14.9. The van der Waals surface area contributed by atoms with Crippen LogP contribution in [0.2, 0.25) is 0 Å². The van der Waals surface area contributed by atoms with Gasteiger partial charge in [0.25, 0.3) is 0 Å². The molecule has 1 heterocycles. The molecular formula is C14H18BrNO3S2. The Morgan fingerprint density at radius 1 is 1.52 bits per heavy atom. The molecular weight excluding hydrogens is 374 g/mol. The standard InChI is InChI=1S/C14H18BrNO3S2/c1-10(20-8-11-3-2-4-12(15)7-11)14(17)16-13-5-6-21(18,19)9-13/h2-4,7,10,13H,5-6,8-9H2,1H3,(H,16,17)/t10-,13-/m1/s1. The summed E-state index contributed by atoms with van der Waals surface area (Å²) in [5, 5.41) is 2.63. The summed E-state index contributed by atoms with van der Waals surface area (Å²) in [4.78, 5) is 12.1. The molecule has 1 aliphatic rings. The molecule has 0 aromatic heterocycles. The van der Waals surface area contributed by atoms with Crippen LogP contribution in [0.15, 0.2) is 28.7 Å². The summed E-state index contributed by atoms with van der Waals surface area (Å²) in [5.74, 6) is 0.910. The van der Waals surface area contributed by atoms with Crippen molar-refractivity contribution < 1.29 is 13.2 Å². The third kappa shape index (κ3) is 5.30. The number of nitrogens with one attached hydrogen (secondary N) is 1. The van der Waals surface area contributed by atoms with E-state index in [1.54, 1.807) is 11.8 Å². The van der Waals surface area contributed by atoms with Crippen molar-refractivity contribution in [1.29, 1.82) is 0 Å². The van der Waals surface area contributed by atoms with Crippen molar-refractivity contribution in [3.63, 3.8) is 0 Å². The molecule has 0 radical (unpaired) electrons. The number of hydrogen-bond acceptors (Lipinski definition) is 4. The van der Waals surface area contributed by atoms with Gasteiger partial charge in [-0.05, 0) is 31.0 Å². The summed E-state index contributed by atoms with van der Waals surface area (Å²) in [7, 11) is -2.95. The lowest BCUT2D eigenvalue weighted by molar-refractivity contribution is -0.120. The second-order valence-electron chi connectivity index (χ2n) is 5.19. The minimum absolute atomic E-state index is 0.0712. The monoisotopic (exact) mass is 391 g/mol. The first-order valence-corrected chi connectivity index (χ1v) is 10.4.